The van der Waals surface area contributed by atoms with Crippen molar-refractivity contribution in [1.29, 1.82) is 0 Å². The van der Waals surface area contributed by atoms with Crippen LogP contribution in [0, 0.1) is 17.6 Å². The zero-order valence-electron chi connectivity index (χ0n) is 29.7. The molecule has 22 heteroatoms. The van der Waals surface area contributed by atoms with Crippen LogP contribution in [0.4, 0.5) is 36.6 Å². The lowest BCUT2D eigenvalue weighted by Crippen LogP contribution is -2.37. The number of sulfonamides is 1. The average Bonchev–Trinajstić information content (AvgIpc) is 3.35. The summed E-state index contributed by atoms with van der Waals surface area (Å²) in [5.74, 6) is -11.6. The number of hydrogen-bond acceptors (Lipinski definition) is 8. The average molecular weight is 840 g/mol. The molecular formula is C35H29ClF7N9O4S. The maximum atomic E-state index is 16.1. The Hall–Kier alpha value is -5.28. The Labute approximate surface area is 322 Å². The van der Waals surface area contributed by atoms with Gasteiger partial charge in [0, 0.05) is 48.8 Å². The van der Waals surface area contributed by atoms with Crippen LogP contribution in [0.3, 0.4) is 0 Å². The Bertz CT molecular complexity index is 2750. The van der Waals surface area contributed by atoms with E-state index in [4.69, 9.17) is 27.1 Å². The molecule has 6 aromatic rings. The van der Waals surface area contributed by atoms with Crippen molar-refractivity contribution in [3.05, 3.63) is 87.1 Å². The first-order valence-electron chi connectivity index (χ1n) is 17.0. The molecule has 1 unspecified atom stereocenters. The number of carbonyl (C=O) groups is 1. The third-order valence-electron chi connectivity index (χ3n) is 10.2. The van der Waals surface area contributed by atoms with Gasteiger partial charge in [0.2, 0.25) is 15.9 Å². The van der Waals surface area contributed by atoms with Crippen molar-refractivity contribution in [1.82, 2.24) is 34.5 Å². The third kappa shape index (κ3) is 6.54. The maximum Gasteiger partial charge on any atom is 0.435 e. The first-order valence-corrected chi connectivity index (χ1v) is 19.3. The number of aromatic amines is 1. The van der Waals surface area contributed by atoms with E-state index in [0.717, 1.165) is 18.4 Å². The molecule has 57 heavy (non-hydrogen) atoms. The van der Waals surface area contributed by atoms with Gasteiger partial charge in [0.1, 0.15) is 35.8 Å². The molecule has 0 spiro atoms. The Balaban J connectivity index is 1.46. The van der Waals surface area contributed by atoms with Crippen LogP contribution in [0.15, 0.2) is 36.4 Å². The van der Waals surface area contributed by atoms with Crippen LogP contribution in [-0.2, 0) is 51.7 Å². The SMILES string of the molecule is COCc1nc2nc([C@@H](Cc3cc(F)cc(F)c3)C(C(N)=O)n3nc(C(F)(F)F)c4c3C(F)(F)[C@@H]3C[C@H]43)c(-c3ccc(Cl)c4c(NS(C)(=O)=O)nn(C)c34)cc2[nH]1. The summed E-state index contributed by atoms with van der Waals surface area (Å²) in [5, 5.41) is 8.07. The van der Waals surface area contributed by atoms with Crippen molar-refractivity contribution in [3.8, 4) is 11.1 Å². The number of aryl methyl sites for hydroxylation is 1. The number of fused-ring (bicyclic) bond motifs is 5. The van der Waals surface area contributed by atoms with Gasteiger partial charge in [-0.1, -0.05) is 17.7 Å². The smallest absolute Gasteiger partial charge is 0.377 e. The van der Waals surface area contributed by atoms with Crippen molar-refractivity contribution < 1.29 is 48.7 Å². The summed E-state index contributed by atoms with van der Waals surface area (Å²) in [6.07, 6.45) is -5.17. The van der Waals surface area contributed by atoms with Crippen LogP contribution in [0.5, 0.6) is 0 Å². The van der Waals surface area contributed by atoms with Crippen LogP contribution in [0.25, 0.3) is 33.2 Å². The number of pyridine rings is 1. The number of primary amides is 1. The van der Waals surface area contributed by atoms with Gasteiger partial charge in [-0.05, 0) is 48.6 Å². The number of benzene rings is 2. The number of nitrogens with two attached hydrogens (primary N) is 1. The highest BCUT2D eigenvalue weighted by molar-refractivity contribution is 7.92. The van der Waals surface area contributed by atoms with Crippen molar-refractivity contribution in [2.75, 3.05) is 18.1 Å². The quantitative estimate of drug-likeness (QED) is 0.125. The molecule has 8 rings (SSSR count). The number of hydrogen-bond donors (Lipinski definition) is 3. The van der Waals surface area contributed by atoms with E-state index in [0.29, 0.717) is 10.7 Å². The number of carbonyl (C=O) groups excluding carboxylic acids is 1. The predicted molar refractivity (Wildman–Crippen MR) is 191 cm³/mol. The minimum absolute atomic E-state index is 0.0256. The van der Waals surface area contributed by atoms with Crippen molar-refractivity contribution >= 4 is 55.4 Å². The number of aromatic nitrogens is 7. The number of ether oxygens (including phenoxy) is 1. The predicted octanol–water partition coefficient (Wildman–Crippen LogP) is 6.44. The molecule has 0 saturated heterocycles. The molecule has 2 aliphatic rings. The van der Waals surface area contributed by atoms with Gasteiger partial charge in [-0.3, -0.25) is 14.2 Å². The highest BCUT2D eigenvalue weighted by Crippen LogP contribution is 2.69. The molecule has 13 nitrogen and oxygen atoms in total. The van der Waals surface area contributed by atoms with Gasteiger partial charge in [-0.2, -0.15) is 32.1 Å². The van der Waals surface area contributed by atoms with Gasteiger partial charge in [-0.25, -0.2) is 31.8 Å². The van der Waals surface area contributed by atoms with E-state index < -0.39 is 86.8 Å². The number of rotatable bonds is 11. The first-order chi connectivity index (χ1) is 26.7. The molecule has 4 N–H and O–H groups in total. The van der Waals surface area contributed by atoms with Crippen LogP contribution in [0.2, 0.25) is 5.02 Å². The lowest BCUT2D eigenvalue weighted by atomic mass is 9.84. The van der Waals surface area contributed by atoms with Crippen molar-refractivity contribution in [3.63, 3.8) is 0 Å². The fourth-order valence-corrected chi connectivity index (χ4v) is 8.75. The van der Waals surface area contributed by atoms with E-state index in [1.54, 1.807) is 0 Å². The standard InChI is InChI=1S/C35H29ClF7N9O4S/c1-51-27-16(4-5-21(36)25(27)33(49-51)50-57(3,54)55)17-11-22-32(46-23(45-22)12-56-2)47-26(17)19(8-13-6-14(37)9-15(38)7-13)28(31(44)53)52-30-24(29(48-52)35(41,42)43)18-10-20(18)34(30,39)40/h4-7,9,11,18-20,28H,8,10,12H2,1-3H3,(H2,44,53)(H,49,50)(H,45,46,47)/t18-,19+,20+,28?/m0/s1. The highest BCUT2D eigenvalue weighted by Gasteiger charge is 2.69. The van der Waals surface area contributed by atoms with Gasteiger partial charge in [0.25, 0.3) is 5.92 Å². The van der Waals surface area contributed by atoms with Gasteiger partial charge in [-0.15, -0.1) is 0 Å². The zero-order valence-corrected chi connectivity index (χ0v) is 31.3. The molecule has 2 aliphatic carbocycles. The summed E-state index contributed by atoms with van der Waals surface area (Å²) in [6.45, 7) is -0.0402. The lowest BCUT2D eigenvalue weighted by Gasteiger charge is -2.29. The monoisotopic (exact) mass is 839 g/mol. The van der Waals surface area contributed by atoms with E-state index in [1.165, 1.54) is 37.0 Å². The Morgan fingerprint density at radius 3 is 2.46 bits per heavy atom. The zero-order chi connectivity index (χ0) is 41.1. The maximum absolute atomic E-state index is 16.1. The molecular weight excluding hydrogens is 811 g/mol. The Morgan fingerprint density at radius 1 is 1.12 bits per heavy atom. The molecule has 0 aliphatic heterocycles. The number of nitrogens with zero attached hydrogens (tertiary/aromatic N) is 6. The second kappa shape index (κ2) is 13.1. The molecule has 4 aromatic heterocycles. The molecule has 1 amide bonds. The lowest BCUT2D eigenvalue weighted by molar-refractivity contribution is -0.142. The van der Waals surface area contributed by atoms with Gasteiger partial charge >= 0.3 is 6.18 Å². The molecule has 0 bridgehead atoms. The van der Waals surface area contributed by atoms with Gasteiger partial charge in [0.05, 0.1) is 33.4 Å². The fourth-order valence-electron chi connectivity index (χ4n) is 8.01. The van der Waals surface area contributed by atoms with E-state index in [9.17, 15) is 35.2 Å². The molecule has 4 heterocycles. The van der Waals surface area contributed by atoms with Crippen LogP contribution >= 0.6 is 11.6 Å². The second-order valence-electron chi connectivity index (χ2n) is 14.1. The normalized spacial score (nSPS) is 18.5. The number of anilines is 1. The number of nitrogens with one attached hydrogen (secondary N) is 2. The van der Waals surface area contributed by atoms with Crippen LogP contribution < -0.4 is 10.5 Å². The summed E-state index contributed by atoms with van der Waals surface area (Å²) in [5.41, 5.74) is 2.83. The molecule has 1 fully saturated rings. The van der Waals surface area contributed by atoms with Crippen molar-refractivity contribution in [2.45, 2.75) is 49.4 Å². The van der Waals surface area contributed by atoms with Gasteiger partial charge < -0.3 is 15.5 Å². The van der Waals surface area contributed by atoms with Crippen LogP contribution in [0.1, 0.15) is 58.3 Å². The molecule has 4 atom stereocenters. The van der Waals surface area contributed by atoms with E-state index in [2.05, 4.69) is 24.9 Å². The minimum Gasteiger partial charge on any atom is -0.377 e. The van der Waals surface area contributed by atoms with E-state index in [1.807, 2.05) is 0 Å². The van der Waals surface area contributed by atoms with Crippen molar-refractivity contribution in [2.24, 2.45) is 18.7 Å². The van der Waals surface area contributed by atoms with Crippen LogP contribution in [-0.4, -0.2) is 62.2 Å². The number of amides is 1. The number of halogens is 8. The summed E-state index contributed by atoms with van der Waals surface area (Å²) in [4.78, 5) is 26.0. The Morgan fingerprint density at radius 2 is 1.82 bits per heavy atom. The number of H-pyrrole nitrogens is 1. The minimum atomic E-state index is -5.21. The molecule has 0 radical (unpaired) electrons. The molecule has 1 saturated carbocycles. The summed E-state index contributed by atoms with van der Waals surface area (Å²) >= 11 is 6.60. The fraction of sp³-hybridized carbons (Fsp3) is 0.343. The first kappa shape index (κ1) is 38.6. The second-order valence-corrected chi connectivity index (χ2v) is 16.3. The Kier molecular flexibility index (Phi) is 8.89. The highest BCUT2D eigenvalue weighted by atomic mass is 35.5. The third-order valence-corrected chi connectivity index (χ3v) is 11.0. The van der Waals surface area contributed by atoms with Gasteiger partial charge in [0.15, 0.2) is 17.2 Å². The van der Waals surface area contributed by atoms with E-state index >= 15 is 8.78 Å². The summed E-state index contributed by atoms with van der Waals surface area (Å²) in [6, 6.07) is 4.58. The number of alkyl halides is 5. The summed E-state index contributed by atoms with van der Waals surface area (Å²) < 4.78 is 139. The summed E-state index contributed by atoms with van der Waals surface area (Å²) in [7, 11) is -1.04. The molecule has 2 aromatic carbocycles. The van der Waals surface area contributed by atoms with E-state index in [-0.39, 0.29) is 74.1 Å². The molecule has 300 valence electrons. The topological polar surface area (TPSA) is 176 Å². The largest absolute Gasteiger partial charge is 0.435 e. The number of imidazole rings is 1. The number of methoxy groups -OCH3 is 1.